The molecule has 10 rings (SSSR count). The van der Waals surface area contributed by atoms with Crippen molar-refractivity contribution in [1.29, 1.82) is 0 Å². The minimum absolute atomic E-state index is 1.22. The molecule has 0 N–H and O–H groups in total. The summed E-state index contributed by atoms with van der Waals surface area (Å²) in [5, 5.41) is 15.4. The molecule has 222 valence electrons. The first-order chi connectivity index (χ1) is 23.8. The summed E-state index contributed by atoms with van der Waals surface area (Å²) in [5.74, 6) is 0. The third-order valence-electron chi connectivity index (χ3n) is 10.2. The smallest absolute Gasteiger partial charge is 0.00264 e. The summed E-state index contributed by atoms with van der Waals surface area (Å²) in [5.41, 5.74) is 7.46. The molecule has 0 aliphatic rings. The number of hydrogen-bond acceptors (Lipinski definition) is 0. The van der Waals surface area contributed by atoms with Crippen LogP contribution in [0.15, 0.2) is 182 Å². The predicted octanol–water partition coefficient (Wildman–Crippen LogP) is 13.6. The maximum Gasteiger partial charge on any atom is -0.00264 e. The second kappa shape index (κ2) is 10.7. The predicted molar refractivity (Wildman–Crippen MR) is 208 cm³/mol. The Morgan fingerprint density at radius 3 is 1.52 bits per heavy atom. The fourth-order valence-electron chi connectivity index (χ4n) is 7.87. The van der Waals surface area contributed by atoms with Gasteiger partial charge in [-0.3, -0.25) is 0 Å². The largest absolute Gasteiger partial charge is 0.0616 e. The van der Waals surface area contributed by atoms with Gasteiger partial charge in [0.15, 0.2) is 0 Å². The van der Waals surface area contributed by atoms with E-state index in [4.69, 9.17) is 0 Å². The van der Waals surface area contributed by atoms with Crippen LogP contribution in [-0.4, -0.2) is 0 Å². The van der Waals surface area contributed by atoms with Crippen LogP contribution in [0.1, 0.15) is 0 Å². The van der Waals surface area contributed by atoms with E-state index in [9.17, 15) is 0 Å². The van der Waals surface area contributed by atoms with E-state index in [1.165, 1.54) is 98.0 Å². The summed E-state index contributed by atoms with van der Waals surface area (Å²) >= 11 is 0. The molecule has 0 heterocycles. The number of rotatable bonds is 3. The van der Waals surface area contributed by atoms with Gasteiger partial charge in [-0.05, 0) is 128 Å². The van der Waals surface area contributed by atoms with Crippen molar-refractivity contribution in [3.05, 3.63) is 182 Å². The fourth-order valence-corrected chi connectivity index (χ4v) is 7.87. The Morgan fingerprint density at radius 2 is 0.708 bits per heavy atom. The highest BCUT2D eigenvalue weighted by Crippen LogP contribution is 2.40. The second-order valence-corrected chi connectivity index (χ2v) is 12.9. The standard InChI is InChI=1S/C48H30/c1-4-15-41-32(10-1)22-25-38-30-47(44-18-7-8-19-45(44)48(38)41)35-13-9-12-33(26-35)34-23-20-31-21-24-37(28-39(31)27-34)46-29-36-11-2-3-14-40(36)42-16-5-6-17-43(42)46/h1-30H. The van der Waals surface area contributed by atoms with E-state index in [1.807, 2.05) is 0 Å². The maximum absolute atomic E-state index is 2.38. The summed E-state index contributed by atoms with van der Waals surface area (Å²) < 4.78 is 0. The summed E-state index contributed by atoms with van der Waals surface area (Å²) in [6.07, 6.45) is 0. The molecule has 0 heteroatoms. The Kier molecular flexibility index (Phi) is 5.98. The lowest BCUT2D eigenvalue weighted by Crippen LogP contribution is -1.87. The van der Waals surface area contributed by atoms with E-state index in [2.05, 4.69) is 182 Å². The highest BCUT2D eigenvalue weighted by atomic mass is 14.2. The molecule has 0 bridgehead atoms. The first kappa shape index (κ1) is 26.9. The average molecular weight is 607 g/mol. The van der Waals surface area contributed by atoms with E-state index < -0.39 is 0 Å². The van der Waals surface area contributed by atoms with Gasteiger partial charge in [-0.25, -0.2) is 0 Å². The second-order valence-electron chi connectivity index (χ2n) is 12.9. The van der Waals surface area contributed by atoms with Crippen molar-refractivity contribution in [1.82, 2.24) is 0 Å². The lowest BCUT2D eigenvalue weighted by molar-refractivity contribution is 1.62. The number of hydrogen-bond donors (Lipinski definition) is 0. The quantitative estimate of drug-likeness (QED) is 0.176. The molecule has 0 aliphatic carbocycles. The molecule has 0 aliphatic heterocycles. The van der Waals surface area contributed by atoms with Crippen molar-refractivity contribution in [3.8, 4) is 33.4 Å². The molecule has 10 aromatic rings. The van der Waals surface area contributed by atoms with E-state index in [0.717, 1.165) is 0 Å². The van der Waals surface area contributed by atoms with Crippen molar-refractivity contribution in [2.75, 3.05) is 0 Å². The Labute approximate surface area is 279 Å². The molecule has 0 nitrogen and oxygen atoms in total. The normalized spacial score (nSPS) is 11.8. The zero-order valence-electron chi connectivity index (χ0n) is 26.3. The van der Waals surface area contributed by atoms with Gasteiger partial charge in [0, 0.05) is 0 Å². The van der Waals surface area contributed by atoms with Gasteiger partial charge in [-0.15, -0.1) is 0 Å². The number of fused-ring (bicyclic) bond motifs is 9. The van der Waals surface area contributed by atoms with Gasteiger partial charge in [0.25, 0.3) is 0 Å². The van der Waals surface area contributed by atoms with Crippen molar-refractivity contribution >= 4 is 64.6 Å². The molecule has 48 heavy (non-hydrogen) atoms. The van der Waals surface area contributed by atoms with Gasteiger partial charge >= 0.3 is 0 Å². The lowest BCUT2D eigenvalue weighted by atomic mass is 9.89. The van der Waals surface area contributed by atoms with Gasteiger partial charge in [0.05, 0.1) is 0 Å². The van der Waals surface area contributed by atoms with Crippen LogP contribution < -0.4 is 0 Å². The van der Waals surface area contributed by atoms with Gasteiger partial charge < -0.3 is 0 Å². The van der Waals surface area contributed by atoms with Crippen molar-refractivity contribution in [2.24, 2.45) is 0 Å². The topological polar surface area (TPSA) is 0 Å². The molecule has 10 aromatic carbocycles. The molecule has 0 saturated heterocycles. The van der Waals surface area contributed by atoms with Crippen molar-refractivity contribution in [3.63, 3.8) is 0 Å². The molecular formula is C48H30. The average Bonchev–Trinajstić information content (AvgIpc) is 3.16. The molecular weight excluding hydrogens is 577 g/mol. The molecule has 0 amide bonds. The summed E-state index contributed by atoms with van der Waals surface area (Å²) in [7, 11) is 0. The third kappa shape index (κ3) is 4.24. The van der Waals surface area contributed by atoms with Crippen LogP contribution in [0.3, 0.4) is 0 Å². The molecule has 0 atom stereocenters. The molecule has 0 aromatic heterocycles. The van der Waals surface area contributed by atoms with E-state index in [1.54, 1.807) is 0 Å². The molecule has 0 saturated carbocycles. The van der Waals surface area contributed by atoms with Crippen molar-refractivity contribution < 1.29 is 0 Å². The fraction of sp³-hybridized carbons (Fsp3) is 0. The first-order valence-corrected chi connectivity index (χ1v) is 16.7. The van der Waals surface area contributed by atoms with Crippen LogP contribution in [0.5, 0.6) is 0 Å². The Bertz CT molecular complexity index is 2890. The molecule has 0 fully saturated rings. The van der Waals surface area contributed by atoms with Crippen LogP contribution in [0, 0.1) is 0 Å². The van der Waals surface area contributed by atoms with E-state index in [0.29, 0.717) is 0 Å². The minimum atomic E-state index is 1.22. The van der Waals surface area contributed by atoms with Crippen molar-refractivity contribution in [2.45, 2.75) is 0 Å². The SMILES string of the molecule is c1cc(-c2ccc3ccc(-c4cc5ccccc5c5ccccc45)cc3c2)cc(-c2cc3ccc4ccccc4c3c3ccccc23)c1. The maximum atomic E-state index is 2.38. The minimum Gasteiger partial charge on any atom is -0.0616 e. The highest BCUT2D eigenvalue weighted by Gasteiger charge is 2.13. The summed E-state index contributed by atoms with van der Waals surface area (Å²) in [6, 6.07) is 67.1. The Balaban J connectivity index is 1.11. The summed E-state index contributed by atoms with van der Waals surface area (Å²) in [6.45, 7) is 0. The van der Waals surface area contributed by atoms with Gasteiger partial charge in [-0.2, -0.15) is 0 Å². The van der Waals surface area contributed by atoms with E-state index >= 15 is 0 Å². The zero-order chi connectivity index (χ0) is 31.6. The van der Waals surface area contributed by atoms with Gasteiger partial charge in [0.2, 0.25) is 0 Å². The third-order valence-corrected chi connectivity index (χ3v) is 10.2. The van der Waals surface area contributed by atoms with E-state index in [-0.39, 0.29) is 0 Å². The van der Waals surface area contributed by atoms with Crippen LogP contribution >= 0.6 is 0 Å². The molecule has 0 spiro atoms. The van der Waals surface area contributed by atoms with Crippen LogP contribution in [-0.2, 0) is 0 Å². The zero-order valence-corrected chi connectivity index (χ0v) is 26.3. The van der Waals surface area contributed by atoms with Gasteiger partial charge in [-0.1, -0.05) is 152 Å². The Morgan fingerprint density at radius 1 is 0.208 bits per heavy atom. The first-order valence-electron chi connectivity index (χ1n) is 16.7. The molecule has 0 radical (unpaired) electrons. The van der Waals surface area contributed by atoms with Crippen LogP contribution in [0.25, 0.3) is 98.0 Å². The highest BCUT2D eigenvalue weighted by molar-refractivity contribution is 6.23. The van der Waals surface area contributed by atoms with Crippen LogP contribution in [0.4, 0.5) is 0 Å². The molecule has 0 unspecified atom stereocenters. The van der Waals surface area contributed by atoms with Gasteiger partial charge in [0.1, 0.15) is 0 Å². The lowest BCUT2D eigenvalue weighted by Gasteiger charge is -2.14. The van der Waals surface area contributed by atoms with Crippen LogP contribution in [0.2, 0.25) is 0 Å². The summed E-state index contributed by atoms with van der Waals surface area (Å²) in [4.78, 5) is 0. The monoisotopic (exact) mass is 606 g/mol. The number of benzene rings is 10. The Hall–Kier alpha value is -6.24.